The Morgan fingerprint density at radius 3 is 2.88 bits per heavy atom. The first-order chi connectivity index (χ1) is 8.20. The highest BCUT2D eigenvalue weighted by atomic mass is 35.5. The largest absolute Gasteiger partial charge is 0.432 e. The summed E-state index contributed by atoms with van der Waals surface area (Å²) in [6.45, 7) is -2.88. The van der Waals surface area contributed by atoms with Crippen LogP contribution in [0.5, 0.6) is 5.75 Å². The molecule has 0 N–H and O–H groups in total. The second kappa shape index (κ2) is 5.37. The highest BCUT2D eigenvalue weighted by Gasteiger charge is 2.14. The van der Waals surface area contributed by atoms with Crippen LogP contribution in [0.3, 0.4) is 0 Å². The van der Waals surface area contributed by atoms with Gasteiger partial charge in [0.15, 0.2) is 5.75 Å². The molecule has 90 valence electrons. The summed E-state index contributed by atoms with van der Waals surface area (Å²) in [6.07, 6.45) is 3.05. The maximum absolute atomic E-state index is 12.2. The van der Waals surface area contributed by atoms with Gasteiger partial charge in [-0.05, 0) is 12.1 Å². The quantitative estimate of drug-likeness (QED) is 0.801. The maximum atomic E-state index is 12.2. The summed E-state index contributed by atoms with van der Waals surface area (Å²) in [7, 11) is 0. The molecule has 2 aromatic heterocycles. The van der Waals surface area contributed by atoms with Crippen LogP contribution in [0, 0.1) is 0 Å². The Hall–Kier alpha value is -1.27. The fraction of sp³-hybridized carbons (Fsp3) is 0.200. The summed E-state index contributed by atoms with van der Waals surface area (Å²) in [5.74, 6) is 0.315. The minimum Gasteiger partial charge on any atom is -0.432 e. The maximum Gasteiger partial charge on any atom is 0.387 e. The Kier molecular flexibility index (Phi) is 3.86. The molecule has 0 unspecified atom stereocenters. The first-order valence-corrected chi connectivity index (χ1v) is 5.96. The van der Waals surface area contributed by atoms with Crippen molar-refractivity contribution in [2.75, 3.05) is 0 Å². The molecular formula is C10H7ClF2N2OS. The van der Waals surface area contributed by atoms with Crippen LogP contribution in [-0.4, -0.2) is 16.6 Å². The molecule has 0 amide bonds. The molecule has 17 heavy (non-hydrogen) atoms. The third kappa shape index (κ3) is 2.89. The molecule has 0 atom stereocenters. The van der Waals surface area contributed by atoms with Crippen molar-refractivity contribution < 1.29 is 13.5 Å². The van der Waals surface area contributed by atoms with E-state index in [9.17, 15) is 8.78 Å². The van der Waals surface area contributed by atoms with E-state index in [1.807, 2.05) is 0 Å². The summed E-state index contributed by atoms with van der Waals surface area (Å²) in [6, 6.07) is 2.97. The van der Waals surface area contributed by atoms with E-state index in [-0.39, 0.29) is 11.6 Å². The number of hydrogen-bond donors (Lipinski definition) is 0. The van der Waals surface area contributed by atoms with Crippen LogP contribution in [0.15, 0.2) is 24.5 Å². The van der Waals surface area contributed by atoms with E-state index in [2.05, 4.69) is 14.7 Å². The summed E-state index contributed by atoms with van der Waals surface area (Å²) in [4.78, 5) is 8.70. The van der Waals surface area contributed by atoms with E-state index in [0.29, 0.717) is 15.6 Å². The zero-order chi connectivity index (χ0) is 12.3. The number of rotatable bonds is 4. The summed E-state index contributed by atoms with van der Waals surface area (Å²) < 4.78 is 28.8. The van der Waals surface area contributed by atoms with E-state index in [1.165, 1.54) is 29.7 Å². The molecule has 7 heteroatoms. The van der Waals surface area contributed by atoms with Gasteiger partial charge >= 0.3 is 6.61 Å². The van der Waals surface area contributed by atoms with Crippen LogP contribution in [0.2, 0.25) is 0 Å². The van der Waals surface area contributed by atoms with Crippen molar-refractivity contribution in [3.05, 3.63) is 29.5 Å². The van der Waals surface area contributed by atoms with Gasteiger partial charge in [-0.25, -0.2) is 4.98 Å². The van der Waals surface area contributed by atoms with Gasteiger partial charge < -0.3 is 4.74 Å². The van der Waals surface area contributed by atoms with E-state index >= 15 is 0 Å². The van der Waals surface area contributed by atoms with Crippen LogP contribution in [0.25, 0.3) is 10.6 Å². The normalized spacial score (nSPS) is 10.8. The fourth-order valence-corrected chi connectivity index (χ4v) is 2.25. The van der Waals surface area contributed by atoms with Gasteiger partial charge in [-0.1, -0.05) is 0 Å². The smallest absolute Gasteiger partial charge is 0.387 e. The lowest BCUT2D eigenvalue weighted by molar-refractivity contribution is -0.0496. The minimum absolute atomic E-state index is 0.0345. The molecule has 0 saturated heterocycles. The standard InChI is InChI=1S/C10H7ClF2N2OS/c11-4-8-15-5-7(17-8)9-6(16-10(12)13)2-1-3-14-9/h1-3,5,10H,4H2. The molecule has 0 fully saturated rings. The second-order valence-electron chi connectivity index (χ2n) is 2.98. The van der Waals surface area contributed by atoms with Crippen molar-refractivity contribution in [3.8, 4) is 16.3 Å². The predicted octanol–water partition coefficient (Wildman–Crippen LogP) is 3.55. The molecule has 0 radical (unpaired) electrons. The second-order valence-corrected chi connectivity index (χ2v) is 4.36. The highest BCUT2D eigenvalue weighted by molar-refractivity contribution is 7.15. The Labute approximate surface area is 105 Å². The molecule has 0 bridgehead atoms. The molecular weight excluding hydrogens is 270 g/mol. The number of alkyl halides is 3. The van der Waals surface area contributed by atoms with Crippen LogP contribution >= 0.6 is 22.9 Å². The average Bonchev–Trinajstić information content (AvgIpc) is 2.77. The Balaban J connectivity index is 2.36. The van der Waals surface area contributed by atoms with E-state index < -0.39 is 6.61 Å². The van der Waals surface area contributed by atoms with Crippen molar-refractivity contribution in [2.24, 2.45) is 0 Å². The van der Waals surface area contributed by atoms with Crippen molar-refractivity contribution >= 4 is 22.9 Å². The summed E-state index contributed by atoms with van der Waals surface area (Å²) in [5, 5.41) is 0.704. The molecule has 0 aliphatic heterocycles. The van der Waals surface area contributed by atoms with Crippen molar-refractivity contribution in [2.45, 2.75) is 12.5 Å². The first-order valence-electron chi connectivity index (χ1n) is 4.61. The lowest BCUT2D eigenvalue weighted by Crippen LogP contribution is -2.03. The van der Waals surface area contributed by atoms with Gasteiger partial charge in [0, 0.05) is 12.4 Å². The molecule has 2 rings (SSSR count). The van der Waals surface area contributed by atoms with E-state index in [0.717, 1.165) is 0 Å². The average molecular weight is 277 g/mol. The van der Waals surface area contributed by atoms with Crippen LogP contribution in [0.1, 0.15) is 5.01 Å². The third-order valence-corrected chi connectivity index (χ3v) is 3.30. The van der Waals surface area contributed by atoms with E-state index in [4.69, 9.17) is 11.6 Å². The third-order valence-electron chi connectivity index (χ3n) is 1.89. The zero-order valence-electron chi connectivity index (χ0n) is 8.44. The number of hydrogen-bond acceptors (Lipinski definition) is 4. The Morgan fingerprint density at radius 2 is 2.24 bits per heavy atom. The van der Waals surface area contributed by atoms with E-state index in [1.54, 1.807) is 6.20 Å². The van der Waals surface area contributed by atoms with Gasteiger partial charge in [0.05, 0.1) is 10.8 Å². The monoisotopic (exact) mass is 276 g/mol. The molecule has 2 aromatic rings. The SMILES string of the molecule is FC(F)Oc1cccnc1-c1cnc(CCl)s1. The number of thiazole rings is 1. The lowest BCUT2D eigenvalue weighted by Gasteiger charge is -2.07. The highest BCUT2D eigenvalue weighted by Crippen LogP contribution is 2.32. The van der Waals surface area contributed by atoms with Gasteiger partial charge in [-0.15, -0.1) is 22.9 Å². The van der Waals surface area contributed by atoms with Gasteiger partial charge in [-0.3, -0.25) is 4.98 Å². The molecule has 0 aliphatic carbocycles. The van der Waals surface area contributed by atoms with Gasteiger partial charge in [0.2, 0.25) is 0 Å². The minimum atomic E-state index is -2.88. The zero-order valence-corrected chi connectivity index (χ0v) is 10.0. The Morgan fingerprint density at radius 1 is 1.41 bits per heavy atom. The topological polar surface area (TPSA) is 35.0 Å². The Bertz CT molecular complexity index is 507. The van der Waals surface area contributed by atoms with Crippen LogP contribution < -0.4 is 4.74 Å². The molecule has 2 heterocycles. The predicted molar refractivity (Wildman–Crippen MR) is 61.5 cm³/mol. The summed E-state index contributed by atoms with van der Waals surface area (Å²) >= 11 is 6.92. The van der Waals surface area contributed by atoms with Gasteiger partial charge in [-0.2, -0.15) is 8.78 Å². The number of pyridine rings is 1. The van der Waals surface area contributed by atoms with Crippen LogP contribution in [0.4, 0.5) is 8.78 Å². The van der Waals surface area contributed by atoms with Crippen LogP contribution in [-0.2, 0) is 5.88 Å². The molecule has 0 aliphatic rings. The number of halogens is 3. The molecule has 0 aromatic carbocycles. The number of nitrogens with zero attached hydrogens (tertiary/aromatic N) is 2. The van der Waals surface area contributed by atoms with Gasteiger partial charge in [0.25, 0.3) is 0 Å². The summed E-state index contributed by atoms with van der Waals surface area (Å²) in [5.41, 5.74) is 0.349. The molecule has 3 nitrogen and oxygen atoms in total. The number of ether oxygens (including phenoxy) is 1. The first kappa shape index (κ1) is 12.2. The molecule has 0 saturated carbocycles. The van der Waals surface area contributed by atoms with Gasteiger partial charge in [0.1, 0.15) is 10.7 Å². The van der Waals surface area contributed by atoms with Crippen molar-refractivity contribution in [1.29, 1.82) is 0 Å². The van der Waals surface area contributed by atoms with Crippen molar-refractivity contribution in [1.82, 2.24) is 9.97 Å². The fourth-order valence-electron chi connectivity index (χ4n) is 1.25. The lowest BCUT2D eigenvalue weighted by atomic mass is 10.3. The van der Waals surface area contributed by atoms with Crippen molar-refractivity contribution in [3.63, 3.8) is 0 Å². The molecule has 0 spiro atoms. The number of aromatic nitrogens is 2.